The third-order valence-corrected chi connectivity index (χ3v) is 2.70. The first-order valence-electron chi connectivity index (χ1n) is 5.86. The number of carboxylic acid groups (broad SMARTS) is 1. The van der Waals surface area contributed by atoms with Gasteiger partial charge in [0.05, 0.1) is 25.6 Å². The molecule has 0 aliphatic heterocycles. The summed E-state index contributed by atoms with van der Waals surface area (Å²) in [6.45, 7) is 1.78. The zero-order chi connectivity index (χ0) is 14.4. The summed E-state index contributed by atoms with van der Waals surface area (Å²) < 4.78 is 5.20. The van der Waals surface area contributed by atoms with Gasteiger partial charge < -0.3 is 20.9 Å². The van der Waals surface area contributed by atoms with Crippen LogP contribution in [0.5, 0.6) is 5.75 Å². The van der Waals surface area contributed by atoms with Crippen LogP contribution in [0.25, 0.3) is 0 Å². The molecule has 0 fully saturated rings. The Kier molecular flexibility index (Phi) is 5.32. The van der Waals surface area contributed by atoms with E-state index >= 15 is 0 Å². The summed E-state index contributed by atoms with van der Waals surface area (Å²) in [5, 5.41) is 11.3. The van der Waals surface area contributed by atoms with Gasteiger partial charge in [-0.3, -0.25) is 9.59 Å². The number of methoxy groups -OCH3 is 1. The largest absolute Gasteiger partial charge is 0.496 e. The Morgan fingerprint density at radius 2 is 2.05 bits per heavy atom. The molecule has 0 aliphatic rings. The molecule has 0 saturated heterocycles. The van der Waals surface area contributed by atoms with Crippen molar-refractivity contribution >= 4 is 11.9 Å². The zero-order valence-electron chi connectivity index (χ0n) is 10.9. The fraction of sp³-hybridized carbons (Fsp3) is 0.385. The maximum atomic E-state index is 11.7. The van der Waals surface area contributed by atoms with Crippen molar-refractivity contribution in [2.45, 2.75) is 25.4 Å². The van der Waals surface area contributed by atoms with Gasteiger partial charge in [-0.2, -0.15) is 0 Å². The standard InChI is InChI=1S/C13H18N2O4/c1-8(9-5-3-4-6-11(9)19-2)15-13(18)10(14)7-12(16)17/h3-6,8,10H,7,14H2,1-2H3,(H,15,18)(H,16,17)/t8-,10?/m1/s1. The van der Waals surface area contributed by atoms with Crippen LogP contribution in [0.2, 0.25) is 0 Å². The number of carboxylic acids is 1. The fourth-order valence-electron chi connectivity index (χ4n) is 1.70. The van der Waals surface area contributed by atoms with E-state index in [2.05, 4.69) is 5.32 Å². The van der Waals surface area contributed by atoms with E-state index in [1.807, 2.05) is 18.2 Å². The summed E-state index contributed by atoms with van der Waals surface area (Å²) in [5.74, 6) is -0.949. The van der Waals surface area contributed by atoms with Gasteiger partial charge in [0.25, 0.3) is 0 Å². The summed E-state index contributed by atoms with van der Waals surface area (Å²) >= 11 is 0. The van der Waals surface area contributed by atoms with Gasteiger partial charge in [0.15, 0.2) is 0 Å². The smallest absolute Gasteiger partial charge is 0.305 e. The molecule has 6 nitrogen and oxygen atoms in total. The molecule has 1 unspecified atom stereocenters. The molecule has 0 radical (unpaired) electrons. The Morgan fingerprint density at radius 3 is 2.63 bits per heavy atom. The molecule has 1 aromatic carbocycles. The molecule has 1 amide bonds. The quantitative estimate of drug-likeness (QED) is 0.702. The molecule has 0 heterocycles. The van der Waals surface area contributed by atoms with Crippen molar-refractivity contribution in [2.75, 3.05) is 7.11 Å². The summed E-state index contributed by atoms with van der Waals surface area (Å²) in [4.78, 5) is 22.2. The molecule has 2 atom stereocenters. The van der Waals surface area contributed by atoms with E-state index in [1.165, 1.54) is 0 Å². The van der Waals surface area contributed by atoms with Crippen LogP contribution in [-0.2, 0) is 9.59 Å². The van der Waals surface area contributed by atoms with Crippen molar-refractivity contribution < 1.29 is 19.4 Å². The first-order valence-corrected chi connectivity index (χ1v) is 5.86. The Hall–Kier alpha value is -2.08. The van der Waals surface area contributed by atoms with Gasteiger partial charge >= 0.3 is 5.97 Å². The summed E-state index contributed by atoms with van der Waals surface area (Å²) in [6, 6.07) is 5.89. The number of para-hydroxylation sites is 1. The van der Waals surface area contributed by atoms with Crippen LogP contribution in [0, 0.1) is 0 Å². The second-order valence-corrected chi connectivity index (χ2v) is 4.18. The molecule has 1 aromatic rings. The van der Waals surface area contributed by atoms with Crippen LogP contribution < -0.4 is 15.8 Å². The van der Waals surface area contributed by atoms with Gasteiger partial charge in [0.1, 0.15) is 5.75 Å². The maximum Gasteiger partial charge on any atom is 0.305 e. The van der Waals surface area contributed by atoms with Gasteiger partial charge in [-0.15, -0.1) is 0 Å². The number of amides is 1. The third kappa shape index (κ3) is 4.26. The summed E-state index contributed by atoms with van der Waals surface area (Å²) in [7, 11) is 1.55. The lowest BCUT2D eigenvalue weighted by atomic mass is 10.1. The fourth-order valence-corrected chi connectivity index (χ4v) is 1.70. The second-order valence-electron chi connectivity index (χ2n) is 4.18. The summed E-state index contributed by atoms with van der Waals surface area (Å²) in [6.07, 6.45) is -0.398. The minimum absolute atomic E-state index is 0.316. The van der Waals surface area contributed by atoms with E-state index in [-0.39, 0.29) is 6.04 Å². The van der Waals surface area contributed by atoms with E-state index in [1.54, 1.807) is 20.1 Å². The lowest BCUT2D eigenvalue weighted by Gasteiger charge is -2.19. The van der Waals surface area contributed by atoms with Gasteiger partial charge in [-0.1, -0.05) is 18.2 Å². The van der Waals surface area contributed by atoms with Gasteiger partial charge in [-0.05, 0) is 13.0 Å². The van der Waals surface area contributed by atoms with Crippen LogP contribution in [-0.4, -0.2) is 30.1 Å². The SMILES string of the molecule is COc1ccccc1[C@@H](C)NC(=O)C(N)CC(=O)O. The molecule has 0 aromatic heterocycles. The van der Waals surface area contributed by atoms with Crippen molar-refractivity contribution in [2.24, 2.45) is 5.73 Å². The minimum Gasteiger partial charge on any atom is -0.496 e. The number of nitrogens with one attached hydrogen (secondary N) is 1. The maximum absolute atomic E-state index is 11.7. The highest BCUT2D eigenvalue weighted by Gasteiger charge is 2.20. The number of ether oxygens (including phenoxy) is 1. The van der Waals surface area contributed by atoms with Gasteiger partial charge in [-0.25, -0.2) is 0 Å². The van der Waals surface area contributed by atoms with E-state index in [9.17, 15) is 9.59 Å². The van der Waals surface area contributed by atoms with Crippen molar-refractivity contribution in [3.8, 4) is 5.75 Å². The number of hydrogen-bond donors (Lipinski definition) is 3. The Balaban J connectivity index is 2.71. The normalized spacial score (nSPS) is 13.4. The number of rotatable bonds is 6. The molecular weight excluding hydrogens is 248 g/mol. The van der Waals surface area contributed by atoms with E-state index in [4.69, 9.17) is 15.6 Å². The van der Waals surface area contributed by atoms with Crippen molar-refractivity contribution in [3.05, 3.63) is 29.8 Å². The number of carbonyl (C=O) groups excluding carboxylic acids is 1. The molecule has 0 aliphatic carbocycles. The Morgan fingerprint density at radius 1 is 1.42 bits per heavy atom. The average molecular weight is 266 g/mol. The highest BCUT2D eigenvalue weighted by atomic mass is 16.5. The number of hydrogen-bond acceptors (Lipinski definition) is 4. The van der Waals surface area contributed by atoms with Crippen molar-refractivity contribution in [3.63, 3.8) is 0 Å². The van der Waals surface area contributed by atoms with Crippen LogP contribution in [0.4, 0.5) is 0 Å². The Labute approximate surface area is 111 Å². The van der Waals surface area contributed by atoms with Gasteiger partial charge in [0.2, 0.25) is 5.91 Å². The predicted molar refractivity (Wildman–Crippen MR) is 69.8 cm³/mol. The van der Waals surface area contributed by atoms with Gasteiger partial charge in [0, 0.05) is 5.56 Å². The molecule has 1 rings (SSSR count). The van der Waals surface area contributed by atoms with E-state index in [0.717, 1.165) is 5.56 Å². The predicted octanol–water partition coefficient (Wildman–Crippen LogP) is 0.674. The molecule has 0 spiro atoms. The van der Waals surface area contributed by atoms with Crippen LogP contribution in [0.15, 0.2) is 24.3 Å². The third-order valence-electron chi connectivity index (χ3n) is 2.70. The molecule has 19 heavy (non-hydrogen) atoms. The molecule has 6 heteroatoms. The summed E-state index contributed by atoms with van der Waals surface area (Å²) in [5.41, 5.74) is 6.30. The van der Waals surface area contributed by atoms with E-state index in [0.29, 0.717) is 5.75 Å². The van der Waals surface area contributed by atoms with Crippen LogP contribution >= 0.6 is 0 Å². The minimum atomic E-state index is -1.10. The highest BCUT2D eigenvalue weighted by Crippen LogP contribution is 2.24. The van der Waals surface area contributed by atoms with E-state index < -0.39 is 24.3 Å². The van der Waals surface area contributed by atoms with Crippen LogP contribution in [0.3, 0.4) is 0 Å². The second kappa shape index (κ2) is 6.75. The molecular formula is C13H18N2O4. The zero-order valence-corrected chi connectivity index (χ0v) is 10.9. The number of aliphatic carboxylic acids is 1. The Bertz CT molecular complexity index is 462. The monoisotopic (exact) mass is 266 g/mol. The van der Waals surface area contributed by atoms with Crippen molar-refractivity contribution in [1.82, 2.24) is 5.32 Å². The highest BCUT2D eigenvalue weighted by molar-refractivity contribution is 5.86. The molecule has 0 saturated carbocycles. The number of benzene rings is 1. The lowest BCUT2D eigenvalue weighted by molar-refractivity contribution is -0.139. The molecule has 104 valence electrons. The van der Waals surface area contributed by atoms with Crippen LogP contribution in [0.1, 0.15) is 24.9 Å². The lowest BCUT2D eigenvalue weighted by Crippen LogP contribution is -2.42. The first-order chi connectivity index (χ1) is 8.95. The molecule has 4 N–H and O–H groups in total. The van der Waals surface area contributed by atoms with Crippen molar-refractivity contribution in [1.29, 1.82) is 0 Å². The molecule has 0 bridgehead atoms. The average Bonchev–Trinajstić information content (AvgIpc) is 2.37. The first kappa shape index (κ1) is 15.0. The number of carbonyl (C=O) groups is 2. The number of nitrogens with two attached hydrogens (primary N) is 1. The topological polar surface area (TPSA) is 102 Å².